The van der Waals surface area contributed by atoms with Gasteiger partial charge in [-0.15, -0.1) is 0 Å². The molecule has 1 aliphatic rings. The van der Waals surface area contributed by atoms with Crippen molar-refractivity contribution in [3.63, 3.8) is 0 Å². The first-order valence-electron chi connectivity index (χ1n) is 8.16. The van der Waals surface area contributed by atoms with Crippen molar-refractivity contribution in [3.8, 4) is 11.8 Å². The zero-order valence-corrected chi connectivity index (χ0v) is 15.8. The third kappa shape index (κ3) is 5.30. The van der Waals surface area contributed by atoms with E-state index in [4.69, 9.17) is 34.8 Å². The average molecular weight is 395 g/mol. The molecule has 1 saturated carbocycles. The zero-order valence-electron chi connectivity index (χ0n) is 13.5. The van der Waals surface area contributed by atoms with Crippen LogP contribution >= 0.6 is 34.8 Å². The standard InChI is InChI=1S/C20H18Cl3NO/c21-15-3-1-2-14(10-15)4-7-20(25)8-5-18(6-9-20)24-19-12-16(22)11-17(23)13-19/h1-3,10-13,18,24-25H,5-6,8-9H2. The van der Waals surface area contributed by atoms with Crippen molar-refractivity contribution in [1.82, 2.24) is 0 Å². The van der Waals surface area contributed by atoms with E-state index in [1.54, 1.807) is 18.2 Å². The number of halogens is 3. The molecule has 5 heteroatoms. The summed E-state index contributed by atoms with van der Waals surface area (Å²) < 4.78 is 0. The van der Waals surface area contributed by atoms with Crippen LogP contribution in [0.1, 0.15) is 31.2 Å². The van der Waals surface area contributed by atoms with Crippen molar-refractivity contribution >= 4 is 40.5 Å². The molecule has 0 spiro atoms. The van der Waals surface area contributed by atoms with Crippen LogP contribution in [0.4, 0.5) is 5.69 Å². The molecule has 0 atom stereocenters. The Morgan fingerprint density at radius 3 is 2.28 bits per heavy atom. The Bertz CT molecular complexity index is 797. The van der Waals surface area contributed by atoms with Crippen LogP contribution in [0.15, 0.2) is 42.5 Å². The normalized spacial score (nSPS) is 22.8. The van der Waals surface area contributed by atoms with Crippen molar-refractivity contribution in [2.75, 3.05) is 5.32 Å². The van der Waals surface area contributed by atoms with Crippen molar-refractivity contribution in [3.05, 3.63) is 63.1 Å². The van der Waals surface area contributed by atoms with E-state index in [0.717, 1.165) is 24.1 Å². The quantitative estimate of drug-likeness (QED) is 0.632. The molecule has 0 saturated heterocycles. The molecule has 130 valence electrons. The lowest BCUT2D eigenvalue weighted by Gasteiger charge is -2.33. The summed E-state index contributed by atoms with van der Waals surface area (Å²) >= 11 is 18.0. The first-order chi connectivity index (χ1) is 11.9. The van der Waals surface area contributed by atoms with Gasteiger partial charge in [-0.3, -0.25) is 0 Å². The van der Waals surface area contributed by atoms with Crippen LogP contribution in [0.2, 0.25) is 15.1 Å². The smallest absolute Gasteiger partial charge is 0.126 e. The molecule has 1 aliphatic carbocycles. The first-order valence-corrected chi connectivity index (χ1v) is 9.29. The highest BCUT2D eigenvalue weighted by Crippen LogP contribution is 2.31. The Morgan fingerprint density at radius 1 is 0.960 bits per heavy atom. The Hall–Kier alpha value is -1.37. The molecule has 2 N–H and O–H groups in total. The largest absolute Gasteiger partial charge is 0.382 e. The van der Waals surface area contributed by atoms with Crippen molar-refractivity contribution in [1.29, 1.82) is 0 Å². The van der Waals surface area contributed by atoms with E-state index in [1.165, 1.54) is 0 Å². The molecule has 0 heterocycles. The van der Waals surface area contributed by atoms with Gasteiger partial charge in [0.05, 0.1) is 0 Å². The third-order valence-corrected chi connectivity index (χ3v) is 4.98. The van der Waals surface area contributed by atoms with Crippen LogP contribution in [0, 0.1) is 11.8 Å². The molecule has 0 bridgehead atoms. The highest BCUT2D eigenvalue weighted by Gasteiger charge is 2.31. The number of benzene rings is 2. The van der Waals surface area contributed by atoms with Crippen LogP contribution in [0.5, 0.6) is 0 Å². The first kappa shape index (κ1) is 18.4. The Kier molecular flexibility index (Phi) is 5.81. The van der Waals surface area contributed by atoms with Gasteiger partial charge in [0.25, 0.3) is 0 Å². The summed E-state index contributed by atoms with van der Waals surface area (Å²) in [6.07, 6.45) is 2.88. The molecule has 0 aromatic heterocycles. The van der Waals surface area contributed by atoms with E-state index in [0.29, 0.717) is 27.9 Å². The number of anilines is 1. The van der Waals surface area contributed by atoms with Gasteiger partial charge in [0.2, 0.25) is 0 Å². The number of hydrogen-bond acceptors (Lipinski definition) is 2. The number of aliphatic hydroxyl groups is 1. The monoisotopic (exact) mass is 393 g/mol. The highest BCUT2D eigenvalue weighted by atomic mass is 35.5. The fraction of sp³-hybridized carbons (Fsp3) is 0.300. The molecule has 1 fully saturated rings. The van der Waals surface area contributed by atoms with Gasteiger partial charge in [0.1, 0.15) is 5.60 Å². The summed E-state index contributed by atoms with van der Waals surface area (Å²) in [7, 11) is 0. The molecule has 2 aromatic rings. The number of nitrogens with one attached hydrogen (secondary N) is 1. The fourth-order valence-corrected chi connectivity index (χ4v) is 3.71. The van der Waals surface area contributed by atoms with Crippen LogP contribution in [0.25, 0.3) is 0 Å². The van der Waals surface area contributed by atoms with Gasteiger partial charge in [-0.2, -0.15) is 0 Å². The lowest BCUT2D eigenvalue weighted by atomic mass is 9.82. The minimum atomic E-state index is -0.952. The van der Waals surface area contributed by atoms with Crippen LogP contribution in [-0.4, -0.2) is 16.7 Å². The molecule has 0 radical (unpaired) electrons. The molecular weight excluding hydrogens is 377 g/mol. The Balaban J connectivity index is 1.61. The highest BCUT2D eigenvalue weighted by molar-refractivity contribution is 6.35. The fourth-order valence-electron chi connectivity index (χ4n) is 2.99. The van der Waals surface area contributed by atoms with Crippen LogP contribution in [0.3, 0.4) is 0 Å². The molecule has 0 amide bonds. The number of hydrogen-bond donors (Lipinski definition) is 2. The topological polar surface area (TPSA) is 32.3 Å². The second kappa shape index (κ2) is 7.89. The predicted molar refractivity (Wildman–Crippen MR) is 106 cm³/mol. The molecule has 0 aliphatic heterocycles. The lowest BCUT2D eigenvalue weighted by Crippen LogP contribution is -2.37. The lowest BCUT2D eigenvalue weighted by molar-refractivity contribution is 0.0576. The summed E-state index contributed by atoms with van der Waals surface area (Å²) in [4.78, 5) is 0. The minimum Gasteiger partial charge on any atom is -0.382 e. The molecular formula is C20H18Cl3NO. The van der Waals surface area contributed by atoms with Crippen LogP contribution in [-0.2, 0) is 0 Å². The second-order valence-corrected chi connectivity index (χ2v) is 7.68. The van der Waals surface area contributed by atoms with Crippen molar-refractivity contribution in [2.45, 2.75) is 37.3 Å². The summed E-state index contributed by atoms with van der Waals surface area (Å²) in [5, 5.41) is 16.0. The second-order valence-electron chi connectivity index (χ2n) is 6.37. The maximum atomic E-state index is 10.7. The molecule has 0 unspecified atom stereocenters. The van der Waals surface area contributed by atoms with E-state index >= 15 is 0 Å². The van der Waals surface area contributed by atoms with E-state index < -0.39 is 5.60 Å². The molecule has 3 rings (SSSR count). The van der Waals surface area contributed by atoms with E-state index in [-0.39, 0.29) is 6.04 Å². The van der Waals surface area contributed by atoms with Gasteiger partial charge < -0.3 is 10.4 Å². The molecule has 2 nitrogen and oxygen atoms in total. The maximum absolute atomic E-state index is 10.7. The summed E-state index contributed by atoms with van der Waals surface area (Å²) in [5.74, 6) is 6.06. The van der Waals surface area contributed by atoms with E-state index in [9.17, 15) is 5.11 Å². The van der Waals surface area contributed by atoms with E-state index in [2.05, 4.69) is 17.2 Å². The number of rotatable bonds is 2. The Labute approximate surface area is 163 Å². The van der Waals surface area contributed by atoms with E-state index in [1.807, 2.05) is 24.3 Å². The summed E-state index contributed by atoms with van der Waals surface area (Å²) in [6.45, 7) is 0. The van der Waals surface area contributed by atoms with Gasteiger partial charge in [0.15, 0.2) is 0 Å². The zero-order chi connectivity index (χ0) is 17.9. The van der Waals surface area contributed by atoms with Gasteiger partial charge in [-0.1, -0.05) is 52.7 Å². The van der Waals surface area contributed by atoms with Gasteiger partial charge in [0, 0.05) is 32.4 Å². The maximum Gasteiger partial charge on any atom is 0.126 e. The molecule has 2 aromatic carbocycles. The van der Waals surface area contributed by atoms with Gasteiger partial charge in [-0.05, 0) is 62.1 Å². The SMILES string of the molecule is OC1(C#Cc2cccc(Cl)c2)CCC(Nc2cc(Cl)cc(Cl)c2)CC1. The van der Waals surface area contributed by atoms with Crippen LogP contribution < -0.4 is 5.32 Å². The Morgan fingerprint density at radius 2 is 1.64 bits per heavy atom. The average Bonchev–Trinajstić information content (AvgIpc) is 2.55. The van der Waals surface area contributed by atoms with Crippen molar-refractivity contribution in [2.24, 2.45) is 0 Å². The summed E-state index contributed by atoms with van der Waals surface area (Å²) in [6, 6.07) is 13.0. The minimum absolute atomic E-state index is 0.266. The van der Waals surface area contributed by atoms with Crippen molar-refractivity contribution < 1.29 is 5.11 Å². The molecule has 25 heavy (non-hydrogen) atoms. The predicted octanol–water partition coefficient (Wildman–Crippen LogP) is 5.78. The van der Waals surface area contributed by atoms with Gasteiger partial charge in [-0.25, -0.2) is 0 Å². The third-order valence-electron chi connectivity index (χ3n) is 4.31. The van der Waals surface area contributed by atoms with Gasteiger partial charge >= 0.3 is 0 Å². The summed E-state index contributed by atoms with van der Waals surface area (Å²) in [5.41, 5.74) is 0.764.